The van der Waals surface area contributed by atoms with Crippen molar-refractivity contribution in [3.05, 3.63) is 77.4 Å². The van der Waals surface area contributed by atoms with Crippen molar-refractivity contribution in [2.24, 2.45) is 0 Å². The largest absolute Gasteiger partial charge is 0.349 e. The maximum Gasteiger partial charge on any atom is 0.255 e. The standard InChI is InChI=1S/C21H22N2O2/c1-2-13-22-21(25)18-9-5-6-10-19(18)23-20(24)17-12-11-15-7-3-4-8-16(15)14-17/h2,5-6,9-12,14H,1,3-4,7-8,13H2,(H,22,25)(H,23,24). The van der Waals surface area contributed by atoms with E-state index in [0.29, 0.717) is 23.4 Å². The second kappa shape index (κ2) is 7.79. The van der Waals surface area contributed by atoms with Crippen LogP contribution in [0.4, 0.5) is 5.69 Å². The number of hydrogen-bond acceptors (Lipinski definition) is 2. The summed E-state index contributed by atoms with van der Waals surface area (Å²) in [6.07, 6.45) is 6.11. The third-order valence-corrected chi connectivity index (χ3v) is 4.44. The maximum absolute atomic E-state index is 12.6. The van der Waals surface area contributed by atoms with Crippen LogP contribution >= 0.6 is 0 Å². The number of nitrogens with one attached hydrogen (secondary N) is 2. The number of para-hydroxylation sites is 1. The van der Waals surface area contributed by atoms with E-state index in [1.165, 1.54) is 24.0 Å². The van der Waals surface area contributed by atoms with Gasteiger partial charge in [-0.3, -0.25) is 9.59 Å². The number of aryl methyl sites for hydroxylation is 2. The predicted molar refractivity (Wildman–Crippen MR) is 100 cm³/mol. The topological polar surface area (TPSA) is 58.2 Å². The van der Waals surface area contributed by atoms with Gasteiger partial charge in [-0.25, -0.2) is 0 Å². The van der Waals surface area contributed by atoms with Gasteiger partial charge >= 0.3 is 0 Å². The highest BCUT2D eigenvalue weighted by Crippen LogP contribution is 2.23. The summed E-state index contributed by atoms with van der Waals surface area (Å²) >= 11 is 0. The zero-order valence-electron chi connectivity index (χ0n) is 14.2. The van der Waals surface area contributed by atoms with Crippen molar-refractivity contribution in [2.75, 3.05) is 11.9 Å². The molecule has 2 aromatic carbocycles. The zero-order chi connectivity index (χ0) is 17.6. The highest BCUT2D eigenvalue weighted by Gasteiger charge is 2.16. The van der Waals surface area contributed by atoms with Crippen LogP contribution in [0.2, 0.25) is 0 Å². The van der Waals surface area contributed by atoms with Gasteiger partial charge in [0.15, 0.2) is 0 Å². The van der Waals surface area contributed by atoms with Crippen molar-refractivity contribution in [2.45, 2.75) is 25.7 Å². The fraction of sp³-hybridized carbons (Fsp3) is 0.238. The first-order valence-electron chi connectivity index (χ1n) is 8.60. The number of rotatable bonds is 5. The molecule has 0 saturated heterocycles. The Morgan fingerprint density at radius 2 is 1.76 bits per heavy atom. The average Bonchev–Trinajstić information content (AvgIpc) is 2.66. The molecule has 0 atom stereocenters. The number of carbonyl (C=O) groups is 2. The Labute approximate surface area is 148 Å². The second-order valence-electron chi connectivity index (χ2n) is 6.19. The molecule has 0 radical (unpaired) electrons. The number of hydrogen-bond donors (Lipinski definition) is 2. The summed E-state index contributed by atoms with van der Waals surface area (Å²) in [6.45, 7) is 3.97. The highest BCUT2D eigenvalue weighted by molar-refractivity contribution is 6.09. The van der Waals surface area contributed by atoms with Crippen LogP contribution in [0.1, 0.15) is 44.7 Å². The van der Waals surface area contributed by atoms with E-state index in [0.717, 1.165) is 12.8 Å². The summed E-state index contributed by atoms with van der Waals surface area (Å²) in [4.78, 5) is 24.9. The Hall–Kier alpha value is -2.88. The summed E-state index contributed by atoms with van der Waals surface area (Å²) in [5.74, 6) is -0.432. The van der Waals surface area contributed by atoms with Crippen LogP contribution in [-0.4, -0.2) is 18.4 Å². The van der Waals surface area contributed by atoms with E-state index >= 15 is 0 Å². The number of fused-ring (bicyclic) bond motifs is 1. The first kappa shape index (κ1) is 17.0. The molecule has 2 amide bonds. The van der Waals surface area contributed by atoms with Crippen molar-refractivity contribution in [1.29, 1.82) is 0 Å². The first-order chi connectivity index (χ1) is 12.2. The Balaban J connectivity index is 1.79. The second-order valence-corrected chi connectivity index (χ2v) is 6.19. The van der Waals surface area contributed by atoms with E-state index in [9.17, 15) is 9.59 Å². The van der Waals surface area contributed by atoms with E-state index in [2.05, 4.69) is 17.2 Å². The van der Waals surface area contributed by atoms with Crippen LogP contribution in [0.25, 0.3) is 0 Å². The Morgan fingerprint density at radius 3 is 2.56 bits per heavy atom. The molecule has 4 nitrogen and oxygen atoms in total. The van der Waals surface area contributed by atoms with Crippen molar-refractivity contribution in [3.8, 4) is 0 Å². The molecule has 128 valence electrons. The third kappa shape index (κ3) is 3.97. The summed E-state index contributed by atoms with van der Waals surface area (Å²) in [5, 5.41) is 5.60. The number of carbonyl (C=O) groups excluding carboxylic acids is 2. The Morgan fingerprint density at radius 1 is 1.00 bits per heavy atom. The fourth-order valence-electron chi connectivity index (χ4n) is 3.12. The molecule has 0 aliphatic heterocycles. The molecule has 0 heterocycles. The quantitative estimate of drug-likeness (QED) is 0.819. The highest BCUT2D eigenvalue weighted by atomic mass is 16.2. The van der Waals surface area contributed by atoms with Gasteiger partial charge in [0.25, 0.3) is 11.8 Å². The van der Waals surface area contributed by atoms with Gasteiger partial charge in [0, 0.05) is 12.1 Å². The van der Waals surface area contributed by atoms with Gasteiger partial charge < -0.3 is 10.6 Å². The molecule has 0 unspecified atom stereocenters. The van der Waals surface area contributed by atoms with Gasteiger partial charge in [0.2, 0.25) is 0 Å². The minimum atomic E-state index is -0.235. The van der Waals surface area contributed by atoms with E-state index in [4.69, 9.17) is 0 Å². The monoisotopic (exact) mass is 334 g/mol. The van der Waals surface area contributed by atoms with Crippen LogP contribution in [0.3, 0.4) is 0 Å². The van der Waals surface area contributed by atoms with Crippen LogP contribution in [-0.2, 0) is 12.8 Å². The molecular formula is C21H22N2O2. The average molecular weight is 334 g/mol. The zero-order valence-corrected chi connectivity index (χ0v) is 14.2. The molecule has 4 heteroatoms. The van der Waals surface area contributed by atoms with Crippen LogP contribution in [0, 0.1) is 0 Å². The Kier molecular flexibility index (Phi) is 5.29. The summed E-state index contributed by atoms with van der Waals surface area (Å²) in [5.41, 5.74) is 4.17. The maximum atomic E-state index is 12.6. The van der Waals surface area contributed by atoms with E-state index in [-0.39, 0.29) is 11.8 Å². The molecule has 1 aliphatic carbocycles. The van der Waals surface area contributed by atoms with Gasteiger partial charge in [-0.15, -0.1) is 6.58 Å². The smallest absolute Gasteiger partial charge is 0.255 e. The Bertz CT molecular complexity index is 811. The normalized spacial score (nSPS) is 12.8. The van der Waals surface area contributed by atoms with Gasteiger partial charge in [-0.2, -0.15) is 0 Å². The minimum Gasteiger partial charge on any atom is -0.349 e. The number of anilines is 1. The summed E-state index contributed by atoms with van der Waals surface area (Å²) in [7, 11) is 0. The van der Waals surface area contributed by atoms with Crippen LogP contribution in [0.5, 0.6) is 0 Å². The van der Waals surface area contributed by atoms with E-state index < -0.39 is 0 Å². The number of benzene rings is 2. The molecule has 25 heavy (non-hydrogen) atoms. The molecule has 2 aromatic rings. The lowest BCUT2D eigenvalue weighted by molar-refractivity contribution is 0.0959. The lowest BCUT2D eigenvalue weighted by Crippen LogP contribution is -2.25. The van der Waals surface area contributed by atoms with Gasteiger partial charge in [-0.05, 0) is 61.1 Å². The van der Waals surface area contributed by atoms with Crippen LogP contribution < -0.4 is 10.6 Å². The van der Waals surface area contributed by atoms with Crippen LogP contribution in [0.15, 0.2) is 55.1 Å². The first-order valence-corrected chi connectivity index (χ1v) is 8.60. The molecule has 2 N–H and O–H groups in total. The van der Waals surface area contributed by atoms with Crippen molar-refractivity contribution >= 4 is 17.5 Å². The molecular weight excluding hydrogens is 312 g/mol. The lowest BCUT2D eigenvalue weighted by atomic mass is 9.90. The predicted octanol–water partition coefficient (Wildman–Crippen LogP) is 3.73. The molecule has 1 aliphatic rings. The van der Waals surface area contributed by atoms with Crippen molar-refractivity contribution in [3.63, 3.8) is 0 Å². The molecule has 0 spiro atoms. The van der Waals surface area contributed by atoms with Crippen molar-refractivity contribution < 1.29 is 9.59 Å². The SMILES string of the molecule is C=CCNC(=O)c1ccccc1NC(=O)c1ccc2c(c1)CCCC2. The van der Waals surface area contributed by atoms with Gasteiger partial charge in [0.1, 0.15) is 0 Å². The number of amides is 2. The summed E-state index contributed by atoms with van der Waals surface area (Å²) < 4.78 is 0. The van der Waals surface area contributed by atoms with Gasteiger partial charge in [0.05, 0.1) is 11.3 Å². The van der Waals surface area contributed by atoms with Crippen molar-refractivity contribution in [1.82, 2.24) is 5.32 Å². The lowest BCUT2D eigenvalue weighted by Gasteiger charge is -2.17. The molecule has 0 saturated carbocycles. The van der Waals surface area contributed by atoms with E-state index in [1.54, 1.807) is 30.3 Å². The van der Waals surface area contributed by atoms with E-state index in [1.807, 2.05) is 18.2 Å². The third-order valence-electron chi connectivity index (χ3n) is 4.44. The van der Waals surface area contributed by atoms with Gasteiger partial charge in [-0.1, -0.05) is 24.3 Å². The summed E-state index contributed by atoms with van der Waals surface area (Å²) in [6, 6.07) is 12.9. The molecule has 0 fully saturated rings. The fourth-order valence-corrected chi connectivity index (χ4v) is 3.12. The minimum absolute atomic E-state index is 0.197. The molecule has 0 bridgehead atoms. The molecule has 0 aromatic heterocycles. The molecule has 3 rings (SSSR count).